The lowest BCUT2D eigenvalue weighted by molar-refractivity contribution is 0.663. The van der Waals surface area contributed by atoms with Crippen LogP contribution in [0.2, 0.25) is 0 Å². The summed E-state index contributed by atoms with van der Waals surface area (Å²) in [6, 6.07) is 41.3. The Morgan fingerprint density at radius 3 is 1.95 bits per heavy atom. The van der Waals surface area contributed by atoms with Crippen LogP contribution in [0.4, 0.5) is 0 Å². The van der Waals surface area contributed by atoms with Gasteiger partial charge in [-0.05, 0) is 52.6 Å². The highest BCUT2D eigenvalue weighted by molar-refractivity contribution is 6.19. The van der Waals surface area contributed by atoms with E-state index in [1.54, 1.807) is 0 Å². The van der Waals surface area contributed by atoms with Crippen LogP contribution < -0.4 is 0 Å². The molecule has 3 heterocycles. The predicted octanol–water partition coefficient (Wildman–Crippen LogP) is 10.9. The maximum Gasteiger partial charge on any atom is 0.137 e. The van der Waals surface area contributed by atoms with Crippen molar-refractivity contribution in [1.29, 1.82) is 0 Å². The highest BCUT2D eigenvalue weighted by Crippen LogP contribution is 2.53. The Bertz CT molecular complexity index is 2610. The van der Waals surface area contributed by atoms with E-state index in [1.165, 1.54) is 38.5 Å². The summed E-state index contributed by atoms with van der Waals surface area (Å²) in [6.07, 6.45) is 0. The molecule has 42 heavy (non-hydrogen) atoms. The molecule has 3 aromatic heterocycles. The molecule has 0 N–H and O–H groups in total. The van der Waals surface area contributed by atoms with Crippen LogP contribution in [0.1, 0.15) is 25.0 Å². The fourth-order valence-electron chi connectivity index (χ4n) is 7.70. The van der Waals surface area contributed by atoms with E-state index in [9.17, 15) is 0 Å². The summed E-state index contributed by atoms with van der Waals surface area (Å²) in [4.78, 5) is 0. The topological polar surface area (TPSA) is 31.2 Å². The van der Waals surface area contributed by atoms with Crippen molar-refractivity contribution in [3.63, 3.8) is 0 Å². The third kappa shape index (κ3) is 2.66. The zero-order valence-corrected chi connectivity index (χ0v) is 23.2. The number of rotatable bonds is 1. The number of hydrogen-bond donors (Lipinski definition) is 0. The molecule has 0 fully saturated rings. The molecular formula is C39H25NO2. The molecule has 0 aliphatic heterocycles. The second kappa shape index (κ2) is 7.51. The molecule has 10 rings (SSSR count). The van der Waals surface area contributed by atoms with E-state index in [4.69, 9.17) is 8.83 Å². The summed E-state index contributed by atoms with van der Waals surface area (Å²) >= 11 is 0. The third-order valence-corrected chi connectivity index (χ3v) is 9.56. The van der Waals surface area contributed by atoms with Crippen molar-refractivity contribution in [1.82, 2.24) is 4.57 Å². The number of hydrogen-bond acceptors (Lipinski definition) is 2. The van der Waals surface area contributed by atoms with Crippen LogP contribution in [0.15, 0.2) is 124 Å². The lowest BCUT2D eigenvalue weighted by Crippen LogP contribution is -2.16. The van der Waals surface area contributed by atoms with E-state index in [0.29, 0.717) is 0 Å². The summed E-state index contributed by atoms with van der Waals surface area (Å²) in [5, 5.41) is 7.04. The quantitative estimate of drug-likeness (QED) is 0.208. The van der Waals surface area contributed by atoms with Gasteiger partial charge in [0, 0.05) is 55.6 Å². The number of fused-ring (bicyclic) bond motifs is 13. The van der Waals surface area contributed by atoms with Crippen LogP contribution in [0.25, 0.3) is 82.5 Å². The third-order valence-electron chi connectivity index (χ3n) is 9.56. The van der Waals surface area contributed by atoms with Crippen LogP contribution in [0.5, 0.6) is 0 Å². The Balaban J connectivity index is 1.39. The molecule has 3 heteroatoms. The van der Waals surface area contributed by atoms with Gasteiger partial charge in [-0.15, -0.1) is 0 Å². The van der Waals surface area contributed by atoms with Crippen molar-refractivity contribution >= 4 is 65.7 Å². The molecule has 9 aromatic rings. The minimum Gasteiger partial charge on any atom is -0.456 e. The largest absolute Gasteiger partial charge is 0.456 e. The number of aromatic nitrogens is 1. The second-order valence-electron chi connectivity index (χ2n) is 12.1. The molecule has 0 radical (unpaired) electrons. The van der Waals surface area contributed by atoms with Gasteiger partial charge in [0.05, 0.1) is 11.0 Å². The summed E-state index contributed by atoms with van der Waals surface area (Å²) in [5.74, 6) is 0. The van der Waals surface area contributed by atoms with Gasteiger partial charge >= 0.3 is 0 Å². The molecule has 198 valence electrons. The molecule has 3 nitrogen and oxygen atoms in total. The predicted molar refractivity (Wildman–Crippen MR) is 173 cm³/mol. The fraction of sp³-hybridized carbons (Fsp3) is 0.0769. The second-order valence-corrected chi connectivity index (χ2v) is 12.1. The highest BCUT2D eigenvalue weighted by atomic mass is 16.3. The van der Waals surface area contributed by atoms with Gasteiger partial charge in [0.15, 0.2) is 0 Å². The van der Waals surface area contributed by atoms with Gasteiger partial charge in [0.1, 0.15) is 22.3 Å². The monoisotopic (exact) mass is 539 g/mol. The van der Waals surface area contributed by atoms with E-state index < -0.39 is 0 Å². The van der Waals surface area contributed by atoms with Crippen molar-refractivity contribution in [2.45, 2.75) is 19.3 Å². The van der Waals surface area contributed by atoms with E-state index in [-0.39, 0.29) is 5.41 Å². The molecule has 0 saturated carbocycles. The maximum atomic E-state index is 6.41. The van der Waals surface area contributed by atoms with Crippen LogP contribution in [0, 0.1) is 0 Å². The molecule has 0 atom stereocenters. The van der Waals surface area contributed by atoms with E-state index in [2.05, 4.69) is 109 Å². The van der Waals surface area contributed by atoms with Gasteiger partial charge in [0.2, 0.25) is 0 Å². The van der Waals surface area contributed by atoms with Crippen LogP contribution in [0.3, 0.4) is 0 Å². The number of nitrogens with zero attached hydrogens (tertiary/aromatic N) is 1. The lowest BCUT2D eigenvalue weighted by Gasteiger charge is -2.23. The summed E-state index contributed by atoms with van der Waals surface area (Å²) in [7, 11) is 0. The Hall–Kier alpha value is -5.28. The zero-order valence-electron chi connectivity index (χ0n) is 23.2. The van der Waals surface area contributed by atoms with Crippen LogP contribution in [-0.4, -0.2) is 4.57 Å². The molecule has 0 bridgehead atoms. The van der Waals surface area contributed by atoms with Gasteiger partial charge in [-0.2, -0.15) is 0 Å². The van der Waals surface area contributed by atoms with Gasteiger partial charge in [-0.25, -0.2) is 0 Å². The first-order valence-electron chi connectivity index (χ1n) is 14.5. The highest BCUT2D eigenvalue weighted by Gasteiger charge is 2.38. The van der Waals surface area contributed by atoms with Crippen LogP contribution in [-0.2, 0) is 5.41 Å². The molecular weight excluding hydrogens is 514 g/mol. The number of para-hydroxylation sites is 2. The SMILES string of the molecule is CC1(C)c2ccccc2-c2ccc3c4cc5c(cc4n(-c4ccc6c(c4)oc4ccccc46)c3c21)oc1ccccc15. The molecule has 0 saturated heterocycles. The Morgan fingerprint density at radius 2 is 1.14 bits per heavy atom. The van der Waals surface area contributed by atoms with Crippen molar-refractivity contribution in [3.8, 4) is 16.8 Å². The van der Waals surface area contributed by atoms with E-state index in [0.717, 1.165) is 55.1 Å². The standard InChI is InChI=1S/C39H25NO2/c1-39(2)31-12-6-3-9-23(31)27-17-18-28-29-20-30-25-11-5-8-14-34(25)42-36(30)21-32(29)40(38(28)37(27)39)22-15-16-26-24-10-4-7-13-33(24)41-35(26)19-22/h3-21H,1-2H3. The molecule has 1 aliphatic rings. The molecule has 0 amide bonds. The average Bonchev–Trinajstić information content (AvgIpc) is 3.72. The Kier molecular flexibility index (Phi) is 4.01. The average molecular weight is 540 g/mol. The number of furan rings is 2. The minimum absolute atomic E-state index is 0.160. The summed E-state index contributed by atoms with van der Waals surface area (Å²) < 4.78 is 15.2. The van der Waals surface area contributed by atoms with E-state index in [1.807, 2.05) is 24.3 Å². The molecule has 0 spiro atoms. The summed E-state index contributed by atoms with van der Waals surface area (Å²) in [5.41, 5.74) is 12.3. The van der Waals surface area contributed by atoms with Gasteiger partial charge < -0.3 is 13.4 Å². The fourth-order valence-corrected chi connectivity index (χ4v) is 7.70. The van der Waals surface area contributed by atoms with Crippen molar-refractivity contribution in [3.05, 3.63) is 126 Å². The molecule has 6 aromatic carbocycles. The molecule has 1 aliphatic carbocycles. The first-order valence-corrected chi connectivity index (χ1v) is 14.5. The zero-order chi connectivity index (χ0) is 27.7. The number of benzene rings is 6. The lowest BCUT2D eigenvalue weighted by atomic mass is 9.81. The first kappa shape index (κ1) is 22.4. The van der Waals surface area contributed by atoms with Crippen molar-refractivity contribution in [2.75, 3.05) is 0 Å². The first-order chi connectivity index (χ1) is 20.6. The summed E-state index contributed by atoms with van der Waals surface area (Å²) in [6.45, 7) is 4.72. The van der Waals surface area contributed by atoms with Crippen LogP contribution >= 0.6 is 0 Å². The van der Waals surface area contributed by atoms with Gasteiger partial charge in [-0.3, -0.25) is 0 Å². The smallest absolute Gasteiger partial charge is 0.137 e. The van der Waals surface area contributed by atoms with Crippen molar-refractivity contribution < 1.29 is 8.83 Å². The van der Waals surface area contributed by atoms with Gasteiger partial charge in [0.25, 0.3) is 0 Å². The van der Waals surface area contributed by atoms with Gasteiger partial charge in [-0.1, -0.05) is 86.6 Å². The minimum atomic E-state index is -0.160. The Morgan fingerprint density at radius 1 is 0.500 bits per heavy atom. The normalized spacial score (nSPS) is 14.1. The Labute approximate surface area is 241 Å². The molecule has 0 unspecified atom stereocenters. The maximum absolute atomic E-state index is 6.41. The van der Waals surface area contributed by atoms with Crippen molar-refractivity contribution in [2.24, 2.45) is 0 Å². The van der Waals surface area contributed by atoms with E-state index >= 15 is 0 Å².